The van der Waals surface area contributed by atoms with E-state index in [1.807, 2.05) is 0 Å². The van der Waals surface area contributed by atoms with E-state index in [9.17, 15) is 0 Å². The smallest absolute Gasteiger partial charge is 0.0464 e. The van der Waals surface area contributed by atoms with Crippen molar-refractivity contribution in [2.75, 3.05) is 29.4 Å². The second kappa shape index (κ2) is 35.4. The lowest BCUT2D eigenvalue weighted by Gasteiger charge is -2.29. The topological polar surface area (TPSA) is 19.4 Å². The first-order chi connectivity index (χ1) is 60.7. The van der Waals surface area contributed by atoms with Crippen LogP contribution in [0.2, 0.25) is 0 Å². The van der Waals surface area contributed by atoms with Gasteiger partial charge in [-0.2, -0.15) is 0 Å². The Morgan fingerprint density at radius 2 is 0.366 bits per heavy atom. The number of allylic oxidation sites excluding steroid dienone is 3. The van der Waals surface area contributed by atoms with Crippen molar-refractivity contribution in [1.82, 2.24) is 0 Å². The molecule has 6 heteroatoms. The number of rotatable bonds is 24. The first kappa shape index (κ1) is 77.2. The molecule has 0 saturated carbocycles. The molecule has 19 rings (SSSR count). The van der Waals surface area contributed by atoms with Gasteiger partial charge in [0.25, 0.3) is 0 Å². The molecular weight excluding hydrogens is 1490 g/mol. The van der Waals surface area contributed by atoms with E-state index in [2.05, 4.69) is 536 Å². The van der Waals surface area contributed by atoms with Gasteiger partial charge in [-0.05, 0) is 336 Å². The highest BCUT2D eigenvalue weighted by Gasteiger charge is 2.24. The van der Waals surface area contributed by atoms with Crippen molar-refractivity contribution in [1.29, 1.82) is 0 Å². The van der Waals surface area contributed by atoms with Crippen molar-refractivity contribution in [3.63, 3.8) is 0 Å². The Morgan fingerprint density at radius 1 is 0.171 bits per heavy atom. The van der Waals surface area contributed by atoms with Gasteiger partial charge in [0.2, 0.25) is 0 Å². The van der Waals surface area contributed by atoms with Crippen LogP contribution in [0.5, 0.6) is 0 Å². The molecule has 0 heterocycles. The van der Waals surface area contributed by atoms with Gasteiger partial charge in [-0.1, -0.05) is 255 Å². The molecule has 0 N–H and O–H groups in total. The molecule has 0 aliphatic heterocycles. The minimum atomic E-state index is 0.223. The highest BCUT2D eigenvalue weighted by atomic mass is 15.2. The maximum Gasteiger partial charge on any atom is 0.0464 e. The Bertz CT molecular complexity index is 6390. The zero-order valence-corrected chi connectivity index (χ0v) is 69.2. The summed E-state index contributed by atoms with van der Waals surface area (Å²) in [5, 5.41) is 0. The maximum atomic E-state index is 2.40. The summed E-state index contributed by atoms with van der Waals surface area (Å²) in [5.41, 5.74) is 36.0. The summed E-state index contributed by atoms with van der Waals surface area (Å²) >= 11 is 0. The summed E-state index contributed by atoms with van der Waals surface area (Å²) in [6.07, 6.45) is 7.96. The van der Waals surface area contributed by atoms with Gasteiger partial charge >= 0.3 is 0 Å². The predicted octanol–water partition coefficient (Wildman–Crippen LogP) is 33.1. The van der Waals surface area contributed by atoms with Gasteiger partial charge in [-0.15, -0.1) is 0 Å². The van der Waals surface area contributed by atoms with Crippen LogP contribution in [0, 0.1) is 20.8 Å². The van der Waals surface area contributed by atoms with Gasteiger partial charge in [-0.25, -0.2) is 0 Å². The van der Waals surface area contributed by atoms with Gasteiger partial charge in [0, 0.05) is 108 Å². The third-order valence-corrected chi connectivity index (χ3v) is 23.3. The van der Waals surface area contributed by atoms with Gasteiger partial charge in [0.15, 0.2) is 0 Å². The lowest BCUT2D eigenvalue weighted by Crippen LogP contribution is -2.17. The Morgan fingerprint density at radius 3 is 0.593 bits per heavy atom. The average molecular weight is 1580 g/mol. The molecule has 0 bridgehead atoms. The quantitative estimate of drug-likeness (QED) is 0.0596. The second-order valence-corrected chi connectivity index (χ2v) is 31.6. The van der Waals surface area contributed by atoms with E-state index in [1.165, 1.54) is 22.3 Å². The lowest BCUT2D eigenvalue weighted by molar-refractivity contribution is 0.840. The maximum absolute atomic E-state index is 2.40. The highest BCUT2D eigenvalue weighted by Crippen LogP contribution is 2.46. The number of anilines is 17. The molecule has 0 fully saturated rings. The third-order valence-electron chi connectivity index (χ3n) is 23.3. The van der Waals surface area contributed by atoms with Crippen molar-refractivity contribution < 1.29 is 0 Å². The molecule has 0 amide bonds. The number of aryl methyl sites for hydroxylation is 3. The van der Waals surface area contributed by atoms with Crippen LogP contribution in [-0.2, 0) is 0 Å². The minimum absolute atomic E-state index is 0.223. The Balaban J connectivity index is 0.635. The number of hydrogen-bond donors (Lipinski definition) is 0. The highest BCUT2D eigenvalue weighted by molar-refractivity contribution is 5.89. The van der Waals surface area contributed by atoms with Crippen molar-refractivity contribution in [2.24, 2.45) is 0 Å². The van der Waals surface area contributed by atoms with E-state index in [0.29, 0.717) is 0 Å². The molecule has 1 aliphatic rings. The van der Waals surface area contributed by atoms with Crippen LogP contribution in [0.3, 0.4) is 0 Å². The number of para-hydroxylation sites is 6. The summed E-state index contributed by atoms with van der Waals surface area (Å²) in [6.45, 7) is 6.45. The largest absolute Gasteiger partial charge is 0.311 e. The van der Waals surface area contributed by atoms with Crippen LogP contribution in [0.25, 0.3) is 55.6 Å². The molecule has 18 aromatic carbocycles. The molecule has 123 heavy (non-hydrogen) atoms. The minimum Gasteiger partial charge on any atom is -0.311 e. The molecule has 6 nitrogen and oxygen atoms in total. The molecular formula is C117H92N6. The second-order valence-electron chi connectivity index (χ2n) is 31.6. The zero-order valence-electron chi connectivity index (χ0n) is 69.2. The molecule has 0 spiro atoms. The summed E-state index contributed by atoms with van der Waals surface area (Å²) < 4.78 is 0. The SMILES string of the molecule is Cc1cccc(N(c2ccccc2)c2ccc(-c3ccc(N(c4ccccc4)c4ccc(-c5cc(-c6ccc(N(C7=CC[C@@H](c8ccc(N(c9ccccc9)c9cccc(C)c9)cc8)C=C7)c7ccccc7)cc6)cc(-c6ccc(N(c7ccccc7)c7ccc(-c8ccc(N(c9ccccc9)c9cccc(C)c9)cc8)cc7)cc6)c5)cc4)cc3)cc2)c1. The number of benzene rings is 18. The number of hydrogen-bond acceptors (Lipinski definition) is 6. The van der Waals surface area contributed by atoms with E-state index in [-0.39, 0.29) is 5.92 Å². The first-order valence-electron chi connectivity index (χ1n) is 42.4. The normalized spacial score (nSPS) is 12.3. The fraction of sp³-hybridized carbons (Fsp3) is 0.0427. The van der Waals surface area contributed by atoms with Crippen LogP contribution in [0.15, 0.2) is 491 Å². The van der Waals surface area contributed by atoms with Crippen LogP contribution >= 0.6 is 0 Å². The van der Waals surface area contributed by atoms with Gasteiger partial charge < -0.3 is 29.4 Å². The molecule has 18 aromatic rings. The van der Waals surface area contributed by atoms with Crippen LogP contribution in [0.4, 0.5) is 96.7 Å². The predicted molar refractivity (Wildman–Crippen MR) is 521 cm³/mol. The molecule has 0 saturated heterocycles. The summed E-state index contributed by atoms with van der Waals surface area (Å²) in [6, 6.07) is 169. The molecule has 1 atom stereocenters. The summed E-state index contributed by atoms with van der Waals surface area (Å²) in [4.78, 5) is 14.1. The first-order valence-corrected chi connectivity index (χ1v) is 42.4. The molecule has 0 unspecified atom stereocenters. The molecule has 1 aliphatic carbocycles. The summed E-state index contributed by atoms with van der Waals surface area (Å²) in [5.74, 6) is 0.223. The fourth-order valence-electron chi connectivity index (χ4n) is 17.1. The molecule has 0 aromatic heterocycles. The van der Waals surface area contributed by atoms with Gasteiger partial charge in [0.1, 0.15) is 0 Å². The van der Waals surface area contributed by atoms with E-state index in [4.69, 9.17) is 0 Å². The van der Waals surface area contributed by atoms with Crippen LogP contribution < -0.4 is 29.4 Å². The van der Waals surface area contributed by atoms with E-state index < -0.39 is 0 Å². The zero-order chi connectivity index (χ0) is 82.8. The summed E-state index contributed by atoms with van der Waals surface area (Å²) in [7, 11) is 0. The van der Waals surface area contributed by atoms with Crippen molar-refractivity contribution >= 4 is 96.7 Å². The van der Waals surface area contributed by atoms with Gasteiger partial charge in [0.05, 0.1) is 0 Å². The fourth-order valence-corrected chi connectivity index (χ4v) is 17.1. The van der Waals surface area contributed by atoms with E-state index >= 15 is 0 Å². The molecule has 0 radical (unpaired) electrons. The third kappa shape index (κ3) is 17.0. The number of nitrogens with zero attached hydrogens (tertiary/aromatic N) is 6. The van der Waals surface area contributed by atoms with E-state index in [1.54, 1.807) is 0 Å². The Kier molecular flexibility index (Phi) is 22.2. The Labute approximate surface area is 723 Å². The van der Waals surface area contributed by atoms with Crippen LogP contribution in [0.1, 0.15) is 34.6 Å². The lowest BCUT2D eigenvalue weighted by atomic mass is 9.91. The molecule has 590 valence electrons. The standard InChI is InChI=1S/C117H92N6/c1-85-25-22-40-115(79-85)121(103-34-16-7-17-35-103)112-67-49-91(50-68-112)88-43-61-106(62-44-88)118(100-28-10-4-11-29-100)109-73-55-94(56-74-109)97-82-98(95-57-75-110(76-58-95)119(101-30-12-5-13-31-101)107-63-45-89(46-64-107)92-51-69-113(70-52-92)122(104-36-18-8-19-37-104)116-41-23-26-86(2)80-116)84-99(83-97)96-59-77-111(78-60-96)120(102-32-14-6-15-33-102)108-65-47-90(48-66-108)93-53-71-114(72-54-93)123(105-38-20-9-21-39-105)117-42-24-27-87(3)81-117/h4-47,49-84,90H,48H2,1-3H3/t90-/m0/s1. The van der Waals surface area contributed by atoms with E-state index in [0.717, 1.165) is 164 Å². The van der Waals surface area contributed by atoms with Crippen LogP contribution in [-0.4, -0.2) is 0 Å². The van der Waals surface area contributed by atoms with Gasteiger partial charge in [-0.3, -0.25) is 0 Å². The monoisotopic (exact) mass is 1580 g/mol. The average Bonchev–Trinajstić information content (AvgIpc) is 0.794. The van der Waals surface area contributed by atoms with Crippen molar-refractivity contribution in [3.8, 4) is 55.6 Å². The Hall–Kier alpha value is -15.8. The van der Waals surface area contributed by atoms with Crippen molar-refractivity contribution in [3.05, 3.63) is 513 Å². The van der Waals surface area contributed by atoms with Crippen molar-refractivity contribution in [2.45, 2.75) is 33.1 Å².